The zero-order chi connectivity index (χ0) is 12.2. The number of rotatable bonds is 5. The number of carbonyl (C=O) groups excluding carboxylic acids is 1. The highest BCUT2D eigenvalue weighted by Crippen LogP contribution is 2.26. The minimum atomic E-state index is -1.11. The molecule has 1 heterocycles. The van der Waals surface area contributed by atoms with Crippen molar-refractivity contribution in [3.63, 3.8) is 0 Å². The lowest BCUT2D eigenvalue weighted by Crippen LogP contribution is -2.44. The van der Waals surface area contributed by atoms with Crippen molar-refractivity contribution in [2.24, 2.45) is 5.73 Å². The van der Waals surface area contributed by atoms with E-state index in [9.17, 15) is 9.90 Å². The van der Waals surface area contributed by atoms with Crippen LogP contribution in [-0.2, 0) is 10.2 Å². The Kier molecular flexibility index (Phi) is 4.46. The molecule has 1 unspecified atom stereocenters. The number of carbonyl (C=O) groups is 1. The highest BCUT2D eigenvalue weighted by Gasteiger charge is 2.23. The first-order valence-electron chi connectivity index (χ1n) is 5.17. The number of hydrogen-bond donors (Lipinski definition) is 3. The van der Waals surface area contributed by atoms with E-state index in [-0.39, 0.29) is 12.0 Å². The van der Waals surface area contributed by atoms with Crippen LogP contribution in [0, 0.1) is 0 Å². The minimum Gasteiger partial charge on any atom is -0.382 e. The van der Waals surface area contributed by atoms with E-state index in [4.69, 9.17) is 5.73 Å². The molecule has 0 aliphatic rings. The van der Waals surface area contributed by atoms with Crippen LogP contribution in [0.3, 0.4) is 0 Å². The third-order valence-electron chi connectivity index (χ3n) is 2.42. The lowest BCUT2D eigenvalue weighted by atomic mass is 9.91. The fourth-order valence-corrected chi connectivity index (χ4v) is 2.14. The summed E-state index contributed by atoms with van der Waals surface area (Å²) >= 11 is 1.66. The van der Waals surface area contributed by atoms with Gasteiger partial charge >= 0.3 is 0 Å². The van der Waals surface area contributed by atoms with E-state index in [1.807, 2.05) is 31.4 Å². The van der Waals surface area contributed by atoms with Crippen LogP contribution in [0.1, 0.15) is 18.7 Å². The molecule has 0 saturated heterocycles. The third kappa shape index (κ3) is 3.30. The number of aliphatic hydroxyl groups excluding tert-OH is 1. The summed E-state index contributed by atoms with van der Waals surface area (Å²) in [7, 11) is 0. The average Bonchev–Trinajstić information content (AvgIpc) is 2.78. The molecular weight excluding hydrogens is 224 g/mol. The molecule has 1 amide bonds. The summed E-state index contributed by atoms with van der Waals surface area (Å²) in [6.45, 7) is 4.54. The maximum atomic E-state index is 11.4. The van der Waals surface area contributed by atoms with Gasteiger partial charge in [-0.3, -0.25) is 4.79 Å². The first-order chi connectivity index (χ1) is 7.47. The van der Waals surface area contributed by atoms with Gasteiger partial charge in [-0.15, -0.1) is 11.3 Å². The van der Waals surface area contributed by atoms with Crippen molar-refractivity contribution in [3.8, 4) is 0 Å². The van der Waals surface area contributed by atoms with Gasteiger partial charge in [-0.25, -0.2) is 0 Å². The van der Waals surface area contributed by atoms with Crippen LogP contribution in [0.4, 0.5) is 0 Å². The van der Waals surface area contributed by atoms with Crippen LogP contribution in [0.2, 0.25) is 0 Å². The summed E-state index contributed by atoms with van der Waals surface area (Å²) in [5.74, 6) is -0.410. The van der Waals surface area contributed by atoms with Crippen LogP contribution in [0.5, 0.6) is 0 Å². The van der Waals surface area contributed by atoms with Gasteiger partial charge in [0.05, 0.1) is 0 Å². The van der Waals surface area contributed by atoms with Gasteiger partial charge in [-0.1, -0.05) is 19.9 Å². The van der Waals surface area contributed by atoms with E-state index in [1.165, 1.54) is 4.88 Å². The van der Waals surface area contributed by atoms with Crippen molar-refractivity contribution in [3.05, 3.63) is 22.4 Å². The molecule has 4 nitrogen and oxygen atoms in total. The Balaban J connectivity index is 2.52. The summed E-state index contributed by atoms with van der Waals surface area (Å²) in [5.41, 5.74) is 5.07. The maximum absolute atomic E-state index is 11.4. The van der Waals surface area contributed by atoms with Crippen molar-refractivity contribution >= 4 is 17.2 Å². The molecule has 1 rings (SSSR count). The smallest absolute Gasteiger partial charge is 0.250 e. The number of hydrogen-bond acceptors (Lipinski definition) is 4. The Labute approximate surface area is 99.5 Å². The molecule has 4 N–H and O–H groups in total. The predicted molar refractivity (Wildman–Crippen MR) is 65.4 cm³/mol. The molecule has 0 saturated carbocycles. The molecule has 0 aliphatic heterocycles. The van der Waals surface area contributed by atoms with E-state index in [2.05, 4.69) is 5.32 Å². The fraction of sp³-hybridized carbons (Fsp3) is 0.545. The lowest BCUT2D eigenvalue weighted by molar-refractivity contribution is -0.129. The van der Waals surface area contributed by atoms with E-state index in [0.717, 1.165) is 0 Å². The number of amides is 1. The Morgan fingerprint density at radius 1 is 1.69 bits per heavy atom. The van der Waals surface area contributed by atoms with Crippen molar-refractivity contribution in [1.29, 1.82) is 0 Å². The van der Waals surface area contributed by atoms with Crippen LogP contribution in [0.25, 0.3) is 0 Å². The topological polar surface area (TPSA) is 75.3 Å². The van der Waals surface area contributed by atoms with Crippen molar-refractivity contribution in [1.82, 2.24) is 5.32 Å². The summed E-state index contributed by atoms with van der Waals surface area (Å²) in [4.78, 5) is 12.6. The zero-order valence-corrected chi connectivity index (χ0v) is 10.4. The molecule has 5 heteroatoms. The van der Waals surface area contributed by atoms with E-state index in [1.54, 1.807) is 11.3 Å². The molecule has 0 spiro atoms. The number of thiophene rings is 1. The fourth-order valence-electron chi connectivity index (χ4n) is 1.28. The first kappa shape index (κ1) is 13.2. The molecule has 1 aromatic rings. The van der Waals surface area contributed by atoms with Crippen molar-refractivity contribution in [2.75, 3.05) is 13.1 Å². The monoisotopic (exact) mass is 242 g/mol. The summed E-state index contributed by atoms with van der Waals surface area (Å²) in [6, 6.07) is 4.02. The van der Waals surface area contributed by atoms with Crippen LogP contribution < -0.4 is 11.1 Å². The summed E-state index contributed by atoms with van der Waals surface area (Å²) in [5, 5.41) is 13.9. The van der Waals surface area contributed by atoms with Gasteiger partial charge in [0.2, 0.25) is 5.91 Å². The zero-order valence-electron chi connectivity index (χ0n) is 9.56. The molecule has 90 valence electrons. The number of aliphatic hydroxyl groups is 1. The van der Waals surface area contributed by atoms with Crippen LogP contribution in [0.15, 0.2) is 17.5 Å². The van der Waals surface area contributed by atoms with Gasteiger partial charge in [0, 0.05) is 23.4 Å². The maximum Gasteiger partial charge on any atom is 0.250 e. The van der Waals surface area contributed by atoms with Crippen molar-refractivity contribution < 1.29 is 9.90 Å². The van der Waals surface area contributed by atoms with Crippen LogP contribution in [-0.4, -0.2) is 30.2 Å². The lowest BCUT2D eigenvalue weighted by Gasteiger charge is -2.24. The first-order valence-corrected chi connectivity index (χ1v) is 6.05. The molecule has 16 heavy (non-hydrogen) atoms. The molecule has 1 aromatic heterocycles. The Morgan fingerprint density at radius 3 is 2.88 bits per heavy atom. The van der Waals surface area contributed by atoms with Crippen LogP contribution >= 0.6 is 11.3 Å². The van der Waals surface area contributed by atoms with Gasteiger partial charge < -0.3 is 16.2 Å². The highest BCUT2D eigenvalue weighted by molar-refractivity contribution is 7.10. The quantitative estimate of drug-likeness (QED) is 0.702. The Morgan fingerprint density at radius 2 is 2.38 bits per heavy atom. The van der Waals surface area contributed by atoms with Gasteiger partial charge in [0.15, 0.2) is 0 Å². The number of nitrogens with one attached hydrogen (secondary N) is 1. The van der Waals surface area contributed by atoms with Gasteiger partial charge in [0.1, 0.15) is 6.10 Å². The highest BCUT2D eigenvalue weighted by atomic mass is 32.1. The molecule has 0 fully saturated rings. The summed E-state index contributed by atoms with van der Waals surface area (Å²) < 4.78 is 0. The Hall–Kier alpha value is -0.910. The molecule has 0 radical (unpaired) electrons. The average molecular weight is 242 g/mol. The normalized spacial score (nSPS) is 13.5. The Bertz CT molecular complexity index is 336. The van der Waals surface area contributed by atoms with Gasteiger partial charge in [-0.2, -0.15) is 0 Å². The van der Waals surface area contributed by atoms with Gasteiger partial charge in [-0.05, 0) is 11.4 Å². The van der Waals surface area contributed by atoms with Gasteiger partial charge in [0.25, 0.3) is 0 Å². The molecule has 0 aliphatic carbocycles. The minimum absolute atomic E-state index is 0.0503. The van der Waals surface area contributed by atoms with E-state index in [0.29, 0.717) is 6.54 Å². The molecule has 0 aromatic carbocycles. The second kappa shape index (κ2) is 5.43. The predicted octanol–water partition coefficient (Wildman–Crippen LogP) is 0.462. The largest absolute Gasteiger partial charge is 0.382 e. The standard InChI is InChI=1S/C11H18N2O2S/c1-11(2,9-4-3-5-16-9)7-13-10(15)8(14)6-12/h3-5,8,14H,6-7,12H2,1-2H3,(H,13,15). The van der Waals surface area contributed by atoms with E-state index < -0.39 is 12.0 Å². The number of nitrogens with two attached hydrogens (primary N) is 1. The van der Waals surface area contributed by atoms with Crippen molar-refractivity contribution in [2.45, 2.75) is 25.4 Å². The second-order valence-electron chi connectivity index (χ2n) is 4.33. The third-order valence-corrected chi connectivity index (χ3v) is 3.65. The molecule has 1 atom stereocenters. The molecular formula is C11H18N2O2S. The SMILES string of the molecule is CC(C)(CNC(=O)C(O)CN)c1cccs1. The molecule has 0 bridgehead atoms. The van der Waals surface area contributed by atoms with E-state index >= 15 is 0 Å². The second-order valence-corrected chi connectivity index (χ2v) is 5.28. The summed E-state index contributed by atoms with van der Waals surface area (Å²) in [6.07, 6.45) is -1.11.